The number of hydrogen-bond acceptors (Lipinski definition) is 5. The highest BCUT2D eigenvalue weighted by Gasteiger charge is 2.17. The molecule has 1 heterocycles. The Morgan fingerprint density at radius 2 is 1.96 bits per heavy atom. The van der Waals surface area contributed by atoms with Crippen molar-refractivity contribution in [1.82, 2.24) is 9.97 Å². The lowest BCUT2D eigenvalue weighted by Gasteiger charge is -2.15. The third-order valence-electron chi connectivity index (χ3n) is 3.41. The van der Waals surface area contributed by atoms with E-state index in [0.717, 1.165) is 6.04 Å². The van der Waals surface area contributed by atoms with Gasteiger partial charge in [0.15, 0.2) is 0 Å². The summed E-state index contributed by atoms with van der Waals surface area (Å²) in [6.45, 7) is 7.20. The summed E-state index contributed by atoms with van der Waals surface area (Å²) in [4.78, 5) is 31.8. The molecule has 0 aliphatic heterocycles. The summed E-state index contributed by atoms with van der Waals surface area (Å²) in [5.41, 5.74) is 0.193. The first-order chi connectivity index (χ1) is 11.7. The lowest BCUT2D eigenvalue weighted by atomic mass is 10.0. The van der Waals surface area contributed by atoms with Crippen LogP contribution >= 0.6 is 11.6 Å². The molecule has 0 amide bonds. The maximum absolute atomic E-state index is 12.5. The molecule has 0 fully saturated rings. The Kier molecular flexibility index (Phi) is 5.92. The van der Waals surface area contributed by atoms with Crippen LogP contribution in [0.3, 0.4) is 0 Å². The van der Waals surface area contributed by atoms with E-state index in [0.29, 0.717) is 6.61 Å². The van der Waals surface area contributed by atoms with Crippen molar-refractivity contribution in [2.45, 2.75) is 25.7 Å². The Labute approximate surface area is 151 Å². The molecule has 2 aromatic rings. The predicted molar refractivity (Wildman–Crippen MR) is 97.5 cm³/mol. The number of nitrogens with zero attached hydrogens (tertiary/aromatic N) is 2. The lowest BCUT2D eigenvalue weighted by molar-refractivity contribution is 0.0697. The Morgan fingerprint density at radius 3 is 2.60 bits per heavy atom. The monoisotopic (exact) mass is 378 g/mol. The first-order valence-electron chi connectivity index (χ1n) is 7.71. The number of aromatic carboxylic acids is 1. The first kappa shape index (κ1) is 19.1. The number of ketones is 1. The first-order valence-corrected chi connectivity index (χ1v) is 11.8. The molecule has 132 valence electrons. The van der Waals surface area contributed by atoms with Gasteiger partial charge in [-0.1, -0.05) is 31.2 Å². The van der Waals surface area contributed by atoms with Gasteiger partial charge >= 0.3 is 12.0 Å². The fraction of sp³-hybridized carbons (Fsp3) is 0.294. The van der Waals surface area contributed by atoms with Gasteiger partial charge < -0.3 is 9.84 Å². The molecular formula is C17H19ClN2O4Si. The predicted octanol–water partition coefficient (Wildman–Crippen LogP) is 3.78. The Balaban J connectivity index is 2.19. The molecule has 0 aliphatic rings. The van der Waals surface area contributed by atoms with E-state index in [1.807, 2.05) is 0 Å². The average molecular weight is 379 g/mol. The van der Waals surface area contributed by atoms with Crippen LogP contribution in [-0.2, 0) is 0 Å². The number of carbonyl (C=O) groups is 2. The molecule has 0 spiro atoms. The molecule has 6 nitrogen and oxygen atoms in total. The van der Waals surface area contributed by atoms with Crippen LogP contribution in [0.15, 0.2) is 30.5 Å². The van der Waals surface area contributed by atoms with Crippen LogP contribution in [0.1, 0.15) is 26.4 Å². The minimum atomic E-state index is -1.24. The quantitative estimate of drug-likeness (QED) is 0.582. The second kappa shape index (κ2) is 7.75. The maximum atomic E-state index is 12.5. The van der Waals surface area contributed by atoms with E-state index < -0.39 is 19.8 Å². The molecule has 1 N–H and O–H groups in total. The van der Waals surface area contributed by atoms with Crippen molar-refractivity contribution in [2.24, 2.45) is 0 Å². The fourth-order valence-corrected chi connectivity index (χ4v) is 2.88. The van der Waals surface area contributed by atoms with Crippen molar-refractivity contribution in [3.05, 3.63) is 52.3 Å². The number of benzene rings is 1. The number of rotatable bonds is 7. The van der Waals surface area contributed by atoms with Crippen molar-refractivity contribution in [1.29, 1.82) is 0 Å². The molecule has 0 aliphatic carbocycles. The number of carboxylic acids is 1. The molecule has 0 saturated heterocycles. The molecular weight excluding hydrogens is 360 g/mol. The molecule has 0 saturated carbocycles. The zero-order chi connectivity index (χ0) is 18.6. The molecule has 0 bridgehead atoms. The van der Waals surface area contributed by atoms with Gasteiger partial charge in [0.2, 0.25) is 5.78 Å². The van der Waals surface area contributed by atoms with Crippen LogP contribution in [0, 0.1) is 0 Å². The van der Waals surface area contributed by atoms with Gasteiger partial charge in [-0.2, -0.15) is 4.98 Å². The molecule has 0 unspecified atom stereocenters. The molecule has 1 aromatic heterocycles. The van der Waals surface area contributed by atoms with Crippen molar-refractivity contribution in [3.8, 4) is 6.01 Å². The van der Waals surface area contributed by atoms with Crippen molar-refractivity contribution < 1.29 is 19.4 Å². The van der Waals surface area contributed by atoms with Gasteiger partial charge in [-0.15, -0.1) is 0 Å². The third kappa shape index (κ3) is 5.37. The van der Waals surface area contributed by atoms with Gasteiger partial charge in [-0.05, 0) is 30.3 Å². The summed E-state index contributed by atoms with van der Waals surface area (Å²) in [7, 11) is -1.24. The summed E-state index contributed by atoms with van der Waals surface area (Å²) in [6.07, 6.45) is 1.44. The third-order valence-corrected chi connectivity index (χ3v) is 5.44. The second-order valence-corrected chi connectivity index (χ2v) is 12.7. The van der Waals surface area contributed by atoms with E-state index in [1.165, 1.54) is 30.5 Å². The standard InChI is InChI=1S/C17H19ClN2O4Si/c1-25(2,3)9-8-24-17-19-7-6-14(20-17)15(21)11-4-5-13(18)12(10-11)16(22)23/h4-7,10H,8-9H2,1-3H3,(H,22,23). The van der Waals surface area contributed by atoms with Crippen LogP contribution in [-0.4, -0.2) is 41.5 Å². The number of halogens is 1. The highest BCUT2D eigenvalue weighted by atomic mass is 35.5. The Bertz CT molecular complexity index is 805. The highest BCUT2D eigenvalue weighted by Crippen LogP contribution is 2.20. The van der Waals surface area contributed by atoms with Gasteiger partial charge in [0.25, 0.3) is 0 Å². The number of ether oxygens (including phenoxy) is 1. The topological polar surface area (TPSA) is 89.4 Å². The summed E-state index contributed by atoms with van der Waals surface area (Å²) < 4.78 is 5.53. The van der Waals surface area contributed by atoms with Crippen molar-refractivity contribution >= 4 is 31.4 Å². The number of carbonyl (C=O) groups excluding carboxylic acids is 1. The summed E-state index contributed by atoms with van der Waals surface area (Å²) in [6, 6.07) is 6.63. The summed E-state index contributed by atoms with van der Waals surface area (Å²) >= 11 is 5.83. The van der Waals surface area contributed by atoms with Gasteiger partial charge in [0.05, 0.1) is 17.2 Å². The highest BCUT2D eigenvalue weighted by molar-refractivity contribution is 6.76. The Hall–Kier alpha value is -2.25. The zero-order valence-electron chi connectivity index (χ0n) is 14.2. The fourth-order valence-electron chi connectivity index (χ4n) is 1.96. The summed E-state index contributed by atoms with van der Waals surface area (Å²) in [5.74, 6) is -1.62. The van der Waals surface area contributed by atoms with E-state index in [2.05, 4.69) is 29.6 Å². The molecule has 2 rings (SSSR count). The number of carboxylic acid groups (broad SMARTS) is 1. The van der Waals surface area contributed by atoms with E-state index in [9.17, 15) is 9.59 Å². The molecule has 1 aromatic carbocycles. The number of hydrogen-bond donors (Lipinski definition) is 1. The van der Waals surface area contributed by atoms with E-state index in [-0.39, 0.29) is 27.9 Å². The van der Waals surface area contributed by atoms with Crippen LogP contribution in [0.25, 0.3) is 0 Å². The van der Waals surface area contributed by atoms with Crippen molar-refractivity contribution in [3.63, 3.8) is 0 Å². The molecule has 25 heavy (non-hydrogen) atoms. The van der Waals surface area contributed by atoms with E-state index in [4.69, 9.17) is 21.4 Å². The largest absolute Gasteiger partial charge is 0.478 e. The van der Waals surface area contributed by atoms with Gasteiger partial charge in [-0.25, -0.2) is 9.78 Å². The van der Waals surface area contributed by atoms with Crippen LogP contribution < -0.4 is 4.74 Å². The van der Waals surface area contributed by atoms with Crippen LogP contribution in [0.5, 0.6) is 6.01 Å². The minimum Gasteiger partial charge on any atom is -0.478 e. The van der Waals surface area contributed by atoms with Crippen molar-refractivity contribution in [2.75, 3.05) is 6.61 Å². The normalized spacial score (nSPS) is 11.2. The molecule has 0 radical (unpaired) electrons. The number of aromatic nitrogens is 2. The maximum Gasteiger partial charge on any atom is 0.337 e. The minimum absolute atomic E-state index is 0.0714. The van der Waals surface area contributed by atoms with E-state index >= 15 is 0 Å². The van der Waals surface area contributed by atoms with Crippen LogP contribution in [0.4, 0.5) is 0 Å². The van der Waals surface area contributed by atoms with Gasteiger partial charge in [0, 0.05) is 19.8 Å². The molecule has 8 heteroatoms. The SMILES string of the molecule is C[Si](C)(C)CCOc1nccc(C(=O)c2ccc(Cl)c(C(=O)O)c2)n1. The second-order valence-electron chi connectivity index (χ2n) is 6.71. The van der Waals surface area contributed by atoms with E-state index in [1.54, 1.807) is 0 Å². The zero-order valence-corrected chi connectivity index (χ0v) is 16.0. The summed E-state index contributed by atoms with van der Waals surface area (Å²) in [5, 5.41) is 9.18. The van der Waals surface area contributed by atoms with Gasteiger partial charge in [-0.3, -0.25) is 4.79 Å². The smallest absolute Gasteiger partial charge is 0.337 e. The average Bonchev–Trinajstić information content (AvgIpc) is 2.53. The lowest BCUT2D eigenvalue weighted by Crippen LogP contribution is -2.22. The Morgan fingerprint density at radius 1 is 1.24 bits per heavy atom. The van der Waals surface area contributed by atoms with Crippen LogP contribution in [0.2, 0.25) is 30.7 Å². The molecule has 0 atom stereocenters. The van der Waals surface area contributed by atoms with Gasteiger partial charge in [0.1, 0.15) is 5.69 Å².